The van der Waals surface area contributed by atoms with Crippen molar-refractivity contribution >= 4 is 11.7 Å². The van der Waals surface area contributed by atoms with E-state index >= 15 is 0 Å². The first-order valence-corrected chi connectivity index (χ1v) is 7.29. The summed E-state index contributed by atoms with van der Waals surface area (Å²) < 4.78 is 0. The molecule has 0 spiro atoms. The zero-order valence-electron chi connectivity index (χ0n) is 11.4. The lowest BCUT2D eigenvalue weighted by Crippen LogP contribution is -2.38. The Bertz CT molecular complexity index is 454. The van der Waals surface area contributed by atoms with Crippen LogP contribution in [0.2, 0.25) is 0 Å². The molecule has 0 unspecified atom stereocenters. The van der Waals surface area contributed by atoms with Gasteiger partial charge in [0, 0.05) is 18.8 Å². The molecule has 0 bridgehead atoms. The van der Waals surface area contributed by atoms with Crippen LogP contribution in [-0.4, -0.2) is 23.5 Å². The summed E-state index contributed by atoms with van der Waals surface area (Å²) in [6, 6.07) is 4.05. The largest absolute Gasteiger partial charge is 0.370 e. The summed E-state index contributed by atoms with van der Waals surface area (Å²) in [5, 5.41) is 6.39. The van der Waals surface area contributed by atoms with E-state index in [1.807, 2.05) is 19.1 Å². The molecule has 2 aliphatic carbocycles. The molecule has 0 saturated heterocycles. The average molecular weight is 259 g/mol. The van der Waals surface area contributed by atoms with Crippen molar-refractivity contribution in [3.05, 3.63) is 23.9 Å². The van der Waals surface area contributed by atoms with Gasteiger partial charge in [0.05, 0.1) is 5.56 Å². The molecule has 4 heteroatoms. The Morgan fingerprint density at radius 3 is 2.63 bits per heavy atom. The predicted octanol–water partition coefficient (Wildman–Crippen LogP) is 2.43. The number of pyridine rings is 1. The Hall–Kier alpha value is -1.58. The highest BCUT2D eigenvalue weighted by atomic mass is 16.1. The summed E-state index contributed by atoms with van der Waals surface area (Å²) in [5.74, 6) is 2.15. The molecule has 1 aromatic rings. The van der Waals surface area contributed by atoms with Gasteiger partial charge in [-0.15, -0.1) is 0 Å². The molecule has 0 aromatic carbocycles. The zero-order chi connectivity index (χ0) is 13.2. The minimum absolute atomic E-state index is 0.0212. The molecule has 1 heterocycles. The van der Waals surface area contributed by atoms with Crippen molar-refractivity contribution in [2.24, 2.45) is 11.8 Å². The fraction of sp³-hybridized carbons (Fsp3) is 0.600. The first-order chi connectivity index (χ1) is 9.29. The van der Waals surface area contributed by atoms with E-state index in [0.29, 0.717) is 17.4 Å². The van der Waals surface area contributed by atoms with Gasteiger partial charge in [-0.2, -0.15) is 0 Å². The van der Waals surface area contributed by atoms with E-state index in [4.69, 9.17) is 0 Å². The van der Waals surface area contributed by atoms with E-state index in [1.54, 1.807) is 6.20 Å². The van der Waals surface area contributed by atoms with Crippen molar-refractivity contribution in [2.45, 2.75) is 38.6 Å². The quantitative estimate of drug-likeness (QED) is 0.825. The number of nitrogens with one attached hydrogen (secondary N) is 2. The molecule has 0 radical (unpaired) electrons. The number of aromatic nitrogens is 1. The molecule has 3 rings (SSSR count). The van der Waals surface area contributed by atoms with Crippen LogP contribution < -0.4 is 10.6 Å². The van der Waals surface area contributed by atoms with Crippen molar-refractivity contribution < 1.29 is 4.79 Å². The molecular formula is C15H21N3O. The minimum atomic E-state index is 0.0212. The maximum atomic E-state index is 12.4. The molecule has 0 atom stereocenters. The molecule has 4 nitrogen and oxygen atoms in total. The van der Waals surface area contributed by atoms with E-state index in [2.05, 4.69) is 15.6 Å². The summed E-state index contributed by atoms with van der Waals surface area (Å²) in [4.78, 5) is 16.7. The van der Waals surface area contributed by atoms with E-state index < -0.39 is 0 Å². The Labute approximate surface area is 114 Å². The average Bonchev–Trinajstić information content (AvgIpc) is 3.30. The second-order valence-corrected chi connectivity index (χ2v) is 5.60. The Morgan fingerprint density at radius 2 is 2.05 bits per heavy atom. The van der Waals surface area contributed by atoms with Crippen LogP contribution in [0.1, 0.15) is 43.0 Å². The topological polar surface area (TPSA) is 54.0 Å². The predicted molar refractivity (Wildman–Crippen MR) is 75.1 cm³/mol. The van der Waals surface area contributed by atoms with E-state index in [-0.39, 0.29) is 5.91 Å². The molecule has 2 N–H and O–H groups in total. The van der Waals surface area contributed by atoms with Crippen LogP contribution >= 0.6 is 0 Å². The number of anilines is 1. The smallest absolute Gasteiger partial charge is 0.255 e. The van der Waals surface area contributed by atoms with Crippen molar-refractivity contribution in [2.75, 3.05) is 11.9 Å². The van der Waals surface area contributed by atoms with Crippen LogP contribution in [-0.2, 0) is 0 Å². The standard InChI is InChI=1S/C15H21N3O/c1-2-16-14-12(4-3-9-17-14)15(19)18-13(10-5-6-10)11-7-8-11/h3-4,9-11,13H,2,5-8H2,1H3,(H,16,17)(H,18,19). The summed E-state index contributed by atoms with van der Waals surface area (Å²) >= 11 is 0. The van der Waals surface area contributed by atoms with Gasteiger partial charge < -0.3 is 10.6 Å². The third-order valence-electron chi connectivity index (χ3n) is 3.95. The van der Waals surface area contributed by atoms with E-state index in [0.717, 1.165) is 18.4 Å². The van der Waals surface area contributed by atoms with Gasteiger partial charge in [-0.1, -0.05) is 0 Å². The van der Waals surface area contributed by atoms with Gasteiger partial charge in [0.15, 0.2) is 0 Å². The number of hydrogen-bond acceptors (Lipinski definition) is 3. The molecule has 2 saturated carbocycles. The van der Waals surface area contributed by atoms with Crippen LogP contribution in [0.4, 0.5) is 5.82 Å². The van der Waals surface area contributed by atoms with E-state index in [9.17, 15) is 4.79 Å². The molecule has 0 aliphatic heterocycles. The number of amides is 1. The number of nitrogens with zero attached hydrogens (tertiary/aromatic N) is 1. The van der Waals surface area contributed by atoms with Crippen LogP contribution in [0.3, 0.4) is 0 Å². The van der Waals surface area contributed by atoms with Gasteiger partial charge in [-0.3, -0.25) is 4.79 Å². The first-order valence-electron chi connectivity index (χ1n) is 7.29. The lowest BCUT2D eigenvalue weighted by Gasteiger charge is -2.18. The van der Waals surface area contributed by atoms with Crippen molar-refractivity contribution in [3.63, 3.8) is 0 Å². The minimum Gasteiger partial charge on any atom is -0.370 e. The second kappa shape index (κ2) is 5.19. The molecule has 2 fully saturated rings. The summed E-state index contributed by atoms with van der Waals surface area (Å²) in [6.07, 6.45) is 6.81. The number of hydrogen-bond donors (Lipinski definition) is 2. The number of rotatable bonds is 6. The molecule has 102 valence electrons. The monoisotopic (exact) mass is 259 g/mol. The summed E-state index contributed by atoms with van der Waals surface area (Å²) in [6.45, 7) is 2.78. The second-order valence-electron chi connectivity index (χ2n) is 5.60. The van der Waals surface area contributed by atoms with Crippen LogP contribution in [0.15, 0.2) is 18.3 Å². The van der Waals surface area contributed by atoms with Crippen LogP contribution in [0, 0.1) is 11.8 Å². The van der Waals surface area contributed by atoms with Gasteiger partial charge >= 0.3 is 0 Å². The zero-order valence-corrected chi connectivity index (χ0v) is 11.4. The fourth-order valence-corrected chi connectivity index (χ4v) is 2.66. The highest BCUT2D eigenvalue weighted by Gasteiger charge is 2.42. The van der Waals surface area contributed by atoms with Gasteiger partial charge in [0.25, 0.3) is 5.91 Å². The highest BCUT2D eigenvalue weighted by molar-refractivity contribution is 5.98. The molecule has 2 aliphatic rings. The van der Waals surface area contributed by atoms with Gasteiger partial charge in [-0.05, 0) is 56.6 Å². The van der Waals surface area contributed by atoms with Gasteiger partial charge in [0.1, 0.15) is 5.82 Å². The summed E-state index contributed by atoms with van der Waals surface area (Å²) in [5.41, 5.74) is 0.663. The highest BCUT2D eigenvalue weighted by Crippen LogP contribution is 2.44. The van der Waals surface area contributed by atoms with Crippen molar-refractivity contribution in [1.82, 2.24) is 10.3 Å². The van der Waals surface area contributed by atoms with Crippen molar-refractivity contribution in [1.29, 1.82) is 0 Å². The maximum Gasteiger partial charge on any atom is 0.255 e. The molecule has 19 heavy (non-hydrogen) atoms. The Morgan fingerprint density at radius 1 is 1.37 bits per heavy atom. The maximum absolute atomic E-state index is 12.4. The Balaban J connectivity index is 1.72. The summed E-state index contributed by atoms with van der Waals surface area (Å²) in [7, 11) is 0. The SMILES string of the molecule is CCNc1ncccc1C(=O)NC(C1CC1)C1CC1. The van der Waals surface area contributed by atoms with E-state index in [1.165, 1.54) is 25.7 Å². The van der Waals surface area contributed by atoms with Crippen LogP contribution in [0.5, 0.6) is 0 Å². The number of carbonyl (C=O) groups excluding carboxylic acids is 1. The molecule has 1 amide bonds. The van der Waals surface area contributed by atoms with Crippen molar-refractivity contribution in [3.8, 4) is 0 Å². The third kappa shape index (κ3) is 2.88. The van der Waals surface area contributed by atoms with Gasteiger partial charge in [0.2, 0.25) is 0 Å². The lowest BCUT2D eigenvalue weighted by atomic mass is 10.1. The third-order valence-corrected chi connectivity index (χ3v) is 3.95. The first kappa shape index (κ1) is 12.5. The Kier molecular flexibility index (Phi) is 3.40. The lowest BCUT2D eigenvalue weighted by molar-refractivity contribution is 0.0927. The number of carbonyl (C=O) groups is 1. The normalized spacial score (nSPS) is 18.4. The fourth-order valence-electron chi connectivity index (χ4n) is 2.66. The van der Waals surface area contributed by atoms with Crippen LogP contribution in [0.25, 0.3) is 0 Å². The molecule has 1 aromatic heterocycles. The van der Waals surface area contributed by atoms with Gasteiger partial charge in [-0.25, -0.2) is 4.98 Å². The molecular weight excluding hydrogens is 238 g/mol.